The molecule has 0 spiro atoms. The lowest BCUT2D eigenvalue weighted by atomic mass is 9.92. The highest BCUT2D eigenvalue weighted by molar-refractivity contribution is 7.89. The molecular weight excluding hydrogens is 354 g/mol. The van der Waals surface area contributed by atoms with Crippen LogP contribution in [0.25, 0.3) is 0 Å². The van der Waals surface area contributed by atoms with Crippen LogP contribution in [0.5, 0.6) is 5.75 Å². The highest BCUT2D eigenvalue weighted by atomic mass is 32.2. The Bertz CT molecular complexity index is 655. The van der Waals surface area contributed by atoms with Crippen LogP contribution in [-0.4, -0.2) is 53.2 Å². The second-order valence-corrected chi connectivity index (χ2v) is 9.06. The van der Waals surface area contributed by atoms with Crippen LogP contribution in [0.2, 0.25) is 0 Å². The van der Waals surface area contributed by atoms with Gasteiger partial charge in [0.2, 0.25) is 10.0 Å². The third-order valence-electron chi connectivity index (χ3n) is 5.22. The molecule has 0 aromatic heterocycles. The van der Waals surface area contributed by atoms with E-state index in [1.54, 1.807) is 6.92 Å². The summed E-state index contributed by atoms with van der Waals surface area (Å²) < 4.78 is 43.4. The number of hydrogen-bond donors (Lipinski definition) is 1. The quantitative estimate of drug-likeness (QED) is 0.782. The van der Waals surface area contributed by atoms with Crippen LogP contribution in [0.3, 0.4) is 0 Å². The van der Waals surface area contributed by atoms with Gasteiger partial charge in [-0.05, 0) is 49.8 Å². The van der Waals surface area contributed by atoms with E-state index < -0.39 is 10.0 Å². The van der Waals surface area contributed by atoms with Gasteiger partial charge in [0.05, 0.1) is 19.0 Å². The molecule has 0 bridgehead atoms. The van der Waals surface area contributed by atoms with Gasteiger partial charge in [-0.2, -0.15) is 0 Å². The molecule has 146 valence electrons. The summed E-state index contributed by atoms with van der Waals surface area (Å²) in [6, 6.07) is 8.12. The Morgan fingerprint density at radius 3 is 2.46 bits per heavy atom. The van der Waals surface area contributed by atoms with E-state index in [-0.39, 0.29) is 17.7 Å². The Morgan fingerprint density at radius 2 is 1.77 bits per heavy atom. The first-order valence-electron chi connectivity index (χ1n) is 9.45. The van der Waals surface area contributed by atoms with Gasteiger partial charge in [-0.3, -0.25) is 0 Å². The van der Waals surface area contributed by atoms with Gasteiger partial charge in [0, 0.05) is 31.8 Å². The first-order valence-corrected chi connectivity index (χ1v) is 11.1. The normalized spacial score (nSPS) is 25.1. The fraction of sp³-hybridized carbons (Fsp3) is 0.684. The molecule has 26 heavy (non-hydrogen) atoms. The van der Waals surface area contributed by atoms with Gasteiger partial charge in [0.25, 0.3) is 0 Å². The smallest absolute Gasteiger partial charge is 0.211 e. The first kappa shape index (κ1) is 19.6. The van der Waals surface area contributed by atoms with Gasteiger partial charge in [0.1, 0.15) is 5.75 Å². The second kappa shape index (κ2) is 9.17. The fourth-order valence-electron chi connectivity index (χ4n) is 3.50. The SMILES string of the molecule is CCS(=O)(=O)N[C@H]1CCOC[C@@H]1COc1ccc(C2CCOCC2)cc1. The molecule has 2 heterocycles. The van der Waals surface area contributed by atoms with E-state index in [0.29, 0.717) is 32.2 Å². The lowest BCUT2D eigenvalue weighted by Gasteiger charge is -2.31. The molecular formula is C19H29NO5S. The van der Waals surface area contributed by atoms with Crippen LogP contribution in [0, 0.1) is 5.92 Å². The van der Waals surface area contributed by atoms with E-state index in [2.05, 4.69) is 16.9 Å². The van der Waals surface area contributed by atoms with Crippen molar-refractivity contribution in [1.29, 1.82) is 0 Å². The van der Waals surface area contributed by atoms with Gasteiger partial charge in [-0.15, -0.1) is 0 Å². The van der Waals surface area contributed by atoms with Crippen molar-refractivity contribution in [2.75, 3.05) is 38.8 Å². The maximum absolute atomic E-state index is 11.9. The number of nitrogens with one attached hydrogen (secondary N) is 1. The van der Waals surface area contributed by atoms with Crippen molar-refractivity contribution in [2.45, 2.75) is 38.1 Å². The fourth-order valence-corrected chi connectivity index (χ4v) is 4.44. The van der Waals surface area contributed by atoms with Crippen molar-refractivity contribution in [3.8, 4) is 5.75 Å². The number of sulfonamides is 1. The molecule has 0 unspecified atom stereocenters. The van der Waals surface area contributed by atoms with Crippen LogP contribution in [-0.2, 0) is 19.5 Å². The topological polar surface area (TPSA) is 73.9 Å². The van der Waals surface area contributed by atoms with Crippen LogP contribution < -0.4 is 9.46 Å². The molecule has 2 saturated heterocycles. The summed E-state index contributed by atoms with van der Waals surface area (Å²) in [6.07, 6.45) is 2.81. The molecule has 2 aliphatic rings. The number of benzene rings is 1. The summed E-state index contributed by atoms with van der Waals surface area (Å²) in [4.78, 5) is 0. The van der Waals surface area contributed by atoms with E-state index in [9.17, 15) is 8.42 Å². The molecule has 1 aromatic rings. The number of ether oxygens (including phenoxy) is 3. The van der Waals surface area contributed by atoms with E-state index >= 15 is 0 Å². The molecule has 1 N–H and O–H groups in total. The van der Waals surface area contributed by atoms with Crippen LogP contribution in [0.4, 0.5) is 0 Å². The molecule has 1 aromatic carbocycles. The minimum absolute atomic E-state index is 0.0141. The molecule has 2 aliphatic heterocycles. The maximum Gasteiger partial charge on any atom is 0.211 e. The zero-order chi connectivity index (χ0) is 18.4. The summed E-state index contributed by atoms with van der Waals surface area (Å²) in [7, 11) is -3.22. The zero-order valence-electron chi connectivity index (χ0n) is 15.4. The average molecular weight is 384 g/mol. The molecule has 6 nitrogen and oxygen atoms in total. The van der Waals surface area contributed by atoms with Crippen molar-refractivity contribution in [3.05, 3.63) is 29.8 Å². The summed E-state index contributed by atoms with van der Waals surface area (Å²) in [6.45, 7) is 4.84. The minimum atomic E-state index is -3.22. The van der Waals surface area contributed by atoms with Crippen molar-refractivity contribution in [3.63, 3.8) is 0 Å². The number of hydrogen-bond acceptors (Lipinski definition) is 5. The Morgan fingerprint density at radius 1 is 1.08 bits per heavy atom. The second-order valence-electron chi connectivity index (χ2n) is 7.02. The predicted octanol–water partition coefficient (Wildman–Crippen LogP) is 2.30. The van der Waals surface area contributed by atoms with E-state index in [4.69, 9.17) is 14.2 Å². The van der Waals surface area contributed by atoms with Crippen molar-refractivity contribution < 1.29 is 22.6 Å². The van der Waals surface area contributed by atoms with Crippen LogP contribution in [0.1, 0.15) is 37.7 Å². The highest BCUT2D eigenvalue weighted by Crippen LogP contribution is 2.28. The van der Waals surface area contributed by atoms with Gasteiger partial charge < -0.3 is 14.2 Å². The largest absolute Gasteiger partial charge is 0.493 e. The summed E-state index contributed by atoms with van der Waals surface area (Å²) in [5, 5.41) is 0. The van der Waals surface area contributed by atoms with Crippen molar-refractivity contribution >= 4 is 10.0 Å². The molecule has 0 aliphatic carbocycles. The highest BCUT2D eigenvalue weighted by Gasteiger charge is 2.29. The van der Waals surface area contributed by atoms with E-state index in [0.717, 1.165) is 31.8 Å². The van der Waals surface area contributed by atoms with Crippen LogP contribution >= 0.6 is 0 Å². The molecule has 2 atom stereocenters. The molecule has 3 rings (SSSR count). The van der Waals surface area contributed by atoms with Gasteiger partial charge in [-0.1, -0.05) is 12.1 Å². The molecule has 0 amide bonds. The zero-order valence-corrected chi connectivity index (χ0v) is 16.2. The Hall–Kier alpha value is -1.15. The molecule has 0 radical (unpaired) electrons. The standard InChI is InChI=1S/C19H29NO5S/c1-2-26(21,22)20-19-9-12-24-13-17(19)14-25-18-5-3-15(4-6-18)16-7-10-23-11-8-16/h3-6,16-17,19-20H,2,7-14H2,1H3/t17-,19+/m1/s1. The Balaban J connectivity index is 1.54. The monoisotopic (exact) mass is 383 g/mol. The predicted molar refractivity (Wildman–Crippen MR) is 100 cm³/mol. The van der Waals surface area contributed by atoms with E-state index in [1.165, 1.54) is 5.56 Å². The van der Waals surface area contributed by atoms with Gasteiger partial charge in [0.15, 0.2) is 0 Å². The molecule has 7 heteroatoms. The summed E-state index contributed by atoms with van der Waals surface area (Å²) in [5.41, 5.74) is 1.33. The van der Waals surface area contributed by atoms with E-state index in [1.807, 2.05) is 12.1 Å². The van der Waals surface area contributed by atoms with Crippen molar-refractivity contribution in [2.24, 2.45) is 5.92 Å². The van der Waals surface area contributed by atoms with Gasteiger partial charge in [-0.25, -0.2) is 13.1 Å². The van der Waals surface area contributed by atoms with Crippen molar-refractivity contribution in [1.82, 2.24) is 4.72 Å². The first-order chi connectivity index (χ1) is 12.6. The Labute approximate surface area is 156 Å². The lowest BCUT2D eigenvalue weighted by Crippen LogP contribution is -2.47. The summed E-state index contributed by atoms with van der Waals surface area (Å²) in [5.74, 6) is 1.48. The third-order valence-corrected chi connectivity index (χ3v) is 6.64. The minimum Gasteiger partial charge on any atom is -0.493 e. The Kier molecular flexibility index (Phi) is 6.92. The summed E-state index contributed by atoms with van der Waals surface area (Å²) >= 11 is 0. The molecule has 2 fully saturated rings. The maximum atomic E-state index is 11.9. The third kappa shape index (κ3) is 5.42. The average Bonchev–Trinajstić information content (AvgIpc) is 2.68. The van der Waals surface area contributed by atoms with Crippen LogP contribution in [0.15, 0.2) is 24.3 Å². The number of rotatable bonds is 7. The molecule has 0 saturated carbocycles. The van der Waals surface area contributed by atoms with Gasteiger partial charge >= 0.3 is 0 Å². The lowest BCUT2D eigenvalue weighted by molar-refractivity contribution is 0.0186.